The third kappa shape index (κ3) is 2.44. The molecule has 1 saturated heterocycles. The fraction of sp³-hybridized carbons (Fsp3) is 1.00. The number of ether oxygens (including phenoxy) is 1. The van der Waals surface area contributed by atoms with Gasteiger partial charge >= 0.3 is 0 Å². The summed E-state index contributed by atoms with van der Waals surface area (Å²) >= 11 is 0. The van der Waals surface area contributed by atoms with E-state index >= 15 is 0 Å². The first-order valence-corrected chi connectivity index (χ1v) is 5.40. The predicted molar refractivity (Wildman–Crippen MR) is 53.6 cm³/mol. The van der Waals surface area contributed by atoms with E-state index in [4.69, 9.17) is 4.74 Å². The van der Waals surface area contributed by atoms with Crippen molar-refractivity contribution in [1.82, 2.24) is 0 Å². The molecule has 1 aliphatic rings. The van der Waals surface area contributed by atoms with E-state index in [-0.39, 0.29) is 0 Å². The number of hydrogen-bond donors (Lipinski definition) is 1. The molecule has 0 spiro atoms. The van der Waals surface area contributed by atoms with Crippen molar-refractivity contribution in [1.29, 1.82) is 0 Å². The van der Waals surface area contributed by atoms with Crippen LogP contribution in [0.5, 0.6) is 0 Å². The van der Waals surface area contributed by atoms with Gasteiger partial charge in [0.15, 0.2) is 0 Å². The summed E-state index contributed by atoms with van der Waals surface area (Å²) in [7, 11) is 0. The molecular formula is C11H22O2. The maximum atomic E-state index is 10.3. The van der Waals surface area contributed by atoms with E-state index < -0.39 is 5.60 Å². The second-order valence-electron chi connectivity index (χ2n) is 4.43. The van der Waals surface area contributed by atoms with Crippen molar-refractivity contribution in [2.75, 3.05) is 13.2 Å². The van der Waals surface area contributed by atoms with Crippen molar-refractivity contribution in [3.8, 4) is 0 Å². The quantitative estimate of drug-likeness (QED) is 0.732. The van der Waals surface area contributed by atoms with Gasteiger partial charge in [0.05, 0.1) is 12.2 Å². The first kappa shape index (κ1) is 11.0. The van der Waals surface area contributed by atoms with Crippen molar-refractivity contribution in [2.24, 2.45) is 11.8 Å². The van der Waals surface area contributed by atoms with Gasteiger partial charge in [-0.1, -0.05) is 27.2 Å². The van der Waals surface area contributed by atoms with Gasteiger partial charge in [-0.3, -0.25) is 0 Å². The van der Waals surface area contributed by atoms with Gasteiger partial charge in [0.2, 0.25) is 0 Å². The van der Waals surface area contributed by atoms with Crippen molar-refractivity contribution in [3.05, 3.63) is 0 Å². The third-order valence-electron chi connectivity index (χ3n) is 3.60. The SMILES string of the molecule is CCC(C)C(C)C1(O)CCCOC1. The summed E-state index contributed by atoms with van der Waals surface area (Å²) in [6.45, 7) is 7.86. The Balaban J connectivity index is 2.55. The molecule has 1 N–H and O–H groups in total. The summed E-state index contributed by atoms with van der Waals surface area (Å²) in [5, 5.41) is 10.3. The lowest BCUT2D eigenvalue weighted by molar-refractivity contribution is -0.127. The first-order chi connectivity index (χ1) is 6.10. The Morgan fingerprint density at radius 1 is 1.46 bits per heavy atom. The minimum atomic E-state index is -0.562. The van der Waals surface area contributed by atoms with Crippen LogP contribution in [0.1, 0.15) is 40.0 Å². The summed E-state index contributed by atoms with van der Waals surface area (Å²) in [5.74, 6) is 0.921. The van der Waals surface area contributed by atoms with Crippen LogP contribution in [0.15, 0.2) is 0 Å². The summed E-state index contributed by atoms with van der Waals surface area (Å²) in [4.78, 5) is 0. The van der Waals surface area contributed by atoms with E-state index in [1.165, 1.54) is 0 Å². The minimum Gasteiger partial charge on any atom is -0.387 e. The molecule has 13 heavy (non-hydrogen) atoms. The minimum absolute atomic E-state index is 0.345. The lowest BCUT2D eigenvalue weighted by atomic mass is 9.76. The molecule has 1 rings (SSSR count). The van der Waals surface area contributed by atoms with E-state index in [0.29, 0.717) is 18.4 Å². The van der Waals surface area contributed by atoms with Gasteiger partial charge in [-0.15, -0.1) is 0 Å². The van der Waals surface area contributed by atoms with Crippen LogP contribution in [0.2, 0.25) is 0 Å². The lowest BCUT2D eigenvalue weighted by Gasteiger charge is -2.39. The molecule has 0 aromatic heterocycles. The Labute approximate surface area is 81.3 Å². The molecule has 0 aromatic rings. The Hall–Kier alpha value is -0.0800. The van der Waals surface area contributed by atoms with Gasteiger partial charge in [-0.05, 0) is 24.7 Å². The highest BCUT2D eigenvalue weighted by atomic mass is 16.5. The monoisotopic (exact) mass is 186 g/mol. The molecule has 1 heterocycles. The molecule has 1 aliphatic heterocycles. The highest BCUT2D eigenvalue weighted by Crippen LogP contribution is 2.33. The fourth-order valence-corrected chi connectivity index (χ4v) is 2.04. The molecule has 3 atom stereocenters. The van der Waals surface area contributed by atoms with Gasteiger partial charge < -0.3 is 9.84 Å². The molecule has 1 fully saturated rings. The smallest absolute Gasteiger partial charge is 0.0908 e. The molecule has 2 nitrogen and oxygen atoms in total. The number of rotatable bonds is 3. The zero-order chi connectivity index (χ0) is 9.90. The molecular weight excluding hydrogens is 164 g/mol. The van der Waals surface area contributed by atoms with E-state index in [1.807, 2.05) is 0 Å². The topological polar surface area (TPSA) is 29.5 Å². The Bertz CT molecular complexity index is 150. The van der Waals surface area contributed by atoms with Gasteiger partial charge in [0.25, 0.3) is 0 Å². The van der Waals surface area contributed by atoms with Crippen molar-refractivity contribution < 1.29 is 9.84 Å². The van der Waals surface area contributed by atoms with Crippen LogP contribution in [0.3, 0.4) is 0 Å². The number of hydrogen-bond acceptors (Lipinski definition) is 2. The van der Waals surface area contributed by atoms with Crippen LogP contribution in [-0.4, -0.2) is 23.9 Å². The van der Waals surface area contributed by atoms with Gasteiger partial charge in [-0.25, -0.2) is 0 Å². The highest BCUT2D eigenvalue weighted by molar-refractivity contribution is 4.88. The molecule has 78 valence electrons. The molecule has 2 heteroatoms. The zero-order valence-electron chi connectivity index (χ0n) is 9.05. The van der Waals surface area contributed by atoms with E-state index in [1.54, 1.807) is 0 Å². The lowest BCUT2D eigenvalue weighted by Crippen LogP contribution is -2.46. The van der Waals surface area contributed by atoms with Crippen LogP contribution < -0.4 is 0 Å². The van der Waals surface area contributed by atoms with Crippen molar-refractivity contribution in [2.45, 2.75) is 45.6 Å². The molecule has 0 bridgehead atoms. The average molecular weight is 186 g/mol. The van der Waals surface area contributed by atoms with Crippen molar-refractivity contribution >= 4 is 0 Å². The average Bonchev–Trinajstić information content (AvgIpc) is 2.16. The van der Waals surface area contributed by atoms with E-state index in [2.05, 4.69) is 20.8 Å². The van der Waals surface area contributed by atoms with Crippen molar-refractivity contribution in [3.63, 3.8) is 0 Å². The standard InChI is InChI=1S/C11H22O2/c1-4-9(2)10(3)11(12)6-5-7-13-8-11/h9-10,12H,4-8H2,1-3H3. The fourth-order valence-electron chi connectivity index (χ4n) is 2.04. The molecule has 0 saturated carbocycles. The van der Waals surface area contributed by atoms with Crippen LogP contribution in [0.25, 0.3) is 0 Å². The largest absolute Gasteiger partial charge is 0.387 e. The predicted octanol–water partition coefficient (Wildman–Crippen LogP) is 2.21. The highest BCUT2D eigenvalue weighted by Gasteiger charge is 2.37. The van der Waals surface area contributed by atoms with Crippen LogP contribution >= 0.6 is 0 Å². The number of aliphatic hydroxyl groups is 1. The zero-order valence-corrected chi connectivity index (χ0v) is 9.05. The molecule has 0 radical (unpaired) electrons. The first-order valence-electron chi connectivity index (χ1n) is 5.40. The molecule has 3 unspecified atom stereocenters. The van der Waals surface area contributed by atoms with Gasteiger partial charge in [-0.2, -0.15) is 0 Å². The second-order valence-corrected chi connectivity index (χ2v) is 4.43. The summed E-state index contributed by atoms with van der Waals surface area (Å²) in [5.41, 5.74) is -0.562. The maximum absolute atomic E-state index is 10.3. The van der Waals surface area contributed by atoms with E-state index in [9.17, 15) is 5.11 Å². The van der Waals surface area contributed by atoms with Gasteiger partial charge in [0.1, 0.15) is 0 Å². The van der Waals surface area contributed by atoms with Gasteiger partial charge in [0, 0.05) is 6.61 Å². The van der Waals surface area contributed by atoms with Crippen LogP contribution in [-0.2, 0) is 4.74 Å². The summed E-state index contributed by atoms with van der Waals surface area (Å²) in [6, 6.07) is 0. The Morgan fingerprint density at radius 3 is 2.62 bits per heavy atom. The normalized spacial score (nSPS) is 34.2. The van der Waals surface area contributed by atoms with Crippen LogP contribution in [0, 0.1) is 11.8 Å². The summed E-state index contributed by atoms with van der Waals surface area (Å²) < 4.78 is 5.35. The van der Waals surface area contributed by atoms with E-state index in [0.717, 1.165) is 25.9 Å². The van der Waals surface area contributed by atoms with Crippen LogP contribution in [0.4, 0.5) is 0 Å². The molecule has 0 amide bonds. The molecule has 0 aromatic carbocycles. The summed E-state index contributed by atoms with van der Waals surface area (Å²) in [6.07, 6.45) is 3.03. The third-order valence-corrected chi connectivity index (χ3v) is 3.60. The molecule has 0 aliphatic carbocycles. The maximum Gasteiger partial charge on any atom is 0.0908 e. The second kappa shape index (κ2) is 4.43. The Morgan fingerprint density at radius 2 is 2.15 bits per heavy atom. The Kier molecular flexibility index (Phi) is 3.74.